The number of aromatic nitrogens is 4. The number of hydrogen-bond acceptors (Lipinski definition) is 5. The van der Waals surface area contributed by atoms with Crippen LogP contribution in [0.2, 0.25) is 8.67 Å². The van der Waals surface area contributed by atoms with Gasteiger partial charge in [-0.3, -0.25) is 4.57 Å². The zero-order chi connectivity index (χ0) is 17.4. The summed E-state index contributed by atoms with van der Waals surface area (Å²) in [7, 11) is 0. The third-order valence-corrected chi connectivity index (χ3v) is 5.35. The summed E-state index contributed by atoms with van der Waals surface area (Å²) in [6.45, 7) is 1.99. The van der Waals surface area contributed by atoms with Crippen molar-refractivity contribution < 1.29 is 0 Å². The molecule has 1 N–H and O–H groups in total. The first kappa shape index (κ1) is 16.3. The van der Waals surface area contributed by atoms with Crippen molar-refractivity contribution in [3.8, 4) is 5.82 Å². The monoisotopic (exact) mass is 389 g/mol. The van der Waals surface area contributed by atoms with E-state index in [1.807, 2.05) is 47.9 Å². The summed E-state index contributed by atoms with van der Waals surface area (Å²) in [5.74, 6) is 1.26. The number of nitrogens with one attached hydrogen (secondary N) is 1. The summed E-state index contributed by atoms with van der Waals surface area (Å²) in [5.41, 5.74) is 2.84. The van der Waals surface area contributed by atoms with Crippen molar-refractivity contribution in [2.24, 2.45) is 0 Å². The van der Waals surface area contributed by atoms with E-state index in [1.165, 1.54) is 11.3 Å². The Morgan fingerprint density at radius 1 is 1.16 bits per heavy atom. The first-order valence-corrected chi connectivity index (χ1v) is 9.16. The van der Waals surface area contributed by atoms with Crippen molar-refractivity contribution >= 4 is 51.5 Å². The summed E-state index contributed by atoms with van der Waals surface area (Å²) in [6, 6.07) is 11.6. The molecule has 5 nitrogen and oxygen atoms in total. The van der Waals surface area contributed by atoms with Gasteiger partial charge in [-0.15, -0.1) is 11.3 Å². The fourth-order valence-electron chi connectivity index (χ4n) is 2.61. The van der Waals surface area contributed by atoms with E-state index in [1.54, 1.807) is 12.5 Å². The van der Waals surface area contributed by atoms with Crippen molar-refractivity contribution in [1.29, 1.82) is 0 Å². The van der Waals surface area contributed by atoms with Crippen LogP contribution in [0.5, 0.6) is 0 Å². The van der Waals surface area contributed by atoms with Crippen LogP contribution in [0.3, 0.4) is 0 Å². The number of para-hydroxylation sites is 2. The van der Waals surface area contributed by atoms with Crippen molar-refractivity contribution in [2.45, 2.75) is 13.0 Å². The van der Waals surface area contributed by atoms with Crippen molar-refractivity contribution in [3.63, 3.8) is 0 Å². The second kappa shape index (κ2) is 6.63. The number of anilines is 1. The lowest BCUT2D eigenvalue weighted by Gasteiger charge is -2.14. The second-order valence-electron chi connectivity index (χ2n) is 5.49. The second-order valence-corrected chi connectivity index (χ2v) is 7.77. The topological polar surface area (TPSA) is 55.6 Å². The molecule has 0 amide bonds. The molecule has 8 heteroatoms. The number of rotatable bonds is 4. The molecule has 1 unspecified atom stereocenters. The molecule has 0 bridgehead atoms. The first-order chi connectivity index (χ1) is 12.1. The molecule has 0 aliphatic carbocycles. The Morgan fingerprint density at radius 3 is 2.80 bits per heavy atom. The van der Waals surface area contributed by atoms with E-state index in [-0.39, 0.29) is 6.04 Å². The molecule has 4 rings (SSSR count). The maximum atomic E-state index is 6.22. The molecule has 3 heterocycles. The Balaban J connectivity index is 1.64. The molecule has 126 valence electrons. The Kier molecular flexibility index (Phi) is 4.33. The number of nitrogens with zero attached hydrogens (tertiary/aromatic N) is 4. The lowest BCUT2D eigenvalue weighted by atomic mass is 10.2. The predicted molar refractivity (Wildman–Crippen MR) is 103 cm³/mol. The number of fused-ring (bicyclic) bond motifs is 1. The van der Waals surface area contributed by atoms with Gasteiger partial charge in [0.2, 0.25) is 5.95 Å². The van der Waals surface area contributed by atoms with E-state index in [0.29, 0.717) is 14.6 Å². The Labute approximate surface area is 158 Å². The lowest BCUT2D eigenvalue weighted by Crippen LogP contribution is -2.10. The SMILES string of the molecule is CC(Nc1nccc(-n2cnc3ccccc32)n1)c1cc(Cl)sc1Cl. The van der Waals surface area contributed by atoms with Crippen LogP contribution in [0.25, 0.3) is 16.9 Å². The van der Waals surface area contributed by atoms with Crippen LogP contribution in [0.15, 0.2) is 48.9 Å². The summed E-state index contributed by atoms with van der Waals surface area (Å²) in [5, 5.41) is 3.27. The summed E-state index contributed by atoms with van der Waals surface area (Å²) >= 11 is 13.6. The minimum absolute atomic E-state index is 0.0639. The molecule has 0 saturated carbocycles. The van der Waals surface area contributed by atoms with Crippen molar-refractivity contribution in [1.82, 2.24) is 19.5 Å². The molecule has 4 aromatic rings. The molecule has 0 fully saturated rings. The minimum atomic E-state index is -0.0639. The van der Waals surface area contributed by atoms with E-state index in [0.717, 1.165) is 22.4 Å². The Bertz CT molecular complexity index is 1040. The van der Waals surface area contributed by atoms with E-state index in [9.17, 15) is 0 Å². The highest BCUT2D eigenvalue weighted by Gasteiger charge is 2.15. The first-order valence-electron chi connectivity index (χ1n) is 7.58. The van der Waals surface area contributed by atoms with Gasteiger partial charge in [0.1, 0.15) is 12.1 Å². The van der Waals surface area contributed by atoms with Gasteiger partial charge in [0.15, 0.2) is 0 Å². The fourth-order valence-corrected chi connectivity index (χ4v) is 4.26. The number of imidazole rings is 1. The summed E-state index contributed by atoms with van der Waals surface area (Å²) in [4.78, 5) is 13.3. The van der Waals surface area contributed by atoms with E-state index in [4.69, 9.17) is 23.2 Å². The highest BCUT2D eigenvalue weighted by Crippen LogP contribution is 2.35. The third-order valence-electron chi connectivity index (χ3n) is 3.84. The molecule has 0 aliphatic heterocycles. The predicted octanol–water partition coefficient (Wildman–Crippen LogP) is 5.36. The molecule has 25 heavy (non-hydrogen) atoms. The molecule has 3 aromatic heterocycles. The average molecular weight is 390 g/mol. The average Bonchev–Trinajstić information content (AvgIpc) is 3.18. The van der Waals surface area contributed by atoms with E-state index in [2.05, 4.69) is 20.3 Å². The van der Waals surface area contributed by atoms with Crippen LogP contribution < -0.4 is 5.32 Å². The van der Waals surface area contributed by atoms with Gasteiger partial charge >= 0.3 is 0 Å². The molecule has 1 aromatic carbocycles. The van der Waals surface area contributed by atoms with Gasteiger partial charge in [-0.2, -0.15) is 4.98 Å². The zero-order valence-corrected chi connectivity index (χ0v) is 15.5. The molecule has 1 atom stereocenters. The quantitative estimate of drug-likeness (QED) is 0.510. The molecule has 0 saturated heterocycles. The number of benzene rings is 1. The van der Waals surface area contributed by atoms with E-state index < -0.39 is 0 Å². The number of thiophene rings is 1. The summed E-state index contributed by atoms with van der Waals surface area (Å²) < 4.78 is 3.26. The molecule has 0 spiro atoms. The Hall–Kier alpha value is -2.15. The fraction of sp³-hybridized carbons (Fsp3) is 0.118. The lowest BCUT2D eigenvalue weighted by molar-refractivity contribution is 0.858. The van der Waals surface area contributed by atoms with Gasteiger partial charge in [-0.25, -0.2) is 9.97 Å². The van der Waals surface area contributed by atoms with Crippen LogP contribution in [0, 0.1) is 0 Å². The summed E-state index contributed by atoms with van der Waals surface area (Å²) in [6.07, 6.45) is 3.48. The maximum Gasteiger partial charge on any atom is 0.225 e. The van der Waals surface area contributed by atoms with Crippen LogP contribution in [-0.4, -0.2) is 19.5 Å². The van der Waals surface area contributed by atoms with Gasteiger partial charge in [0.05, 0.1) is 25.7 Å². The molecule has 0 radical (unpaired) electrons. The molecular formula is C17H13Cl2N5S. The third kappa shape index (κ3) is 3.20. The minimum Gasteiger partial charge on any atom is -0.348 e. The highest BCUT2D eigenvalue weighted by molar-refractivity contribution is 7.20. The van der Waals surface area contributed by atoms with Gasteiger partial charge in [0.25, 0.3) is 0 Å². The van der Waals surface area contributed by atoms with Crippen LogP contribution in [0.4, 0.5) is 5.95 Å². The van der Waals surface area contributed by atoms with Crippen LogP contribution in [-0.2, 0) is 0 Å². The van der Waals surface area contributed by atoms with E-state index >= 15 is 0 Å². The van der Waals surface area contributed by atoms with Gasteiger partial charge < -0.3 is 5.32 Å². The molecule has 0 aliphatic rings. The zero-order valence-electron chi connectivity index (χ0n) is 13.1. The number of halogens is 2. The van der Waals surface area contributed by atoms with Crippen LogP contribution in [0.1, 0.15) is 18.5 Å². The largest absolute Gasteiger partial charge is 0.348 e. The molecular weight excluding hydrogens is 377 g/mol. The normalized spacial score (nSPS) is 12.4. The van der Waals surface area contributed by atoms with Gasteiger partial charge in [0, 0.05) is 11.8 Å². The standard InChI is InChI=1S/C17H13Cl2N5S/c1-10(11-8-14(18)25-16(11)19)22-17-20-7-6-15(23-17)24-9-21-12-4-2-3-5-13(12)24/h2-10H,1H3,(H,20,22,23). The van der Waals surface area contributed by atoms with Crippen molar-refractivity contribution in [2.75, 3.05) is 5.32 Å². The maximum absolute atomic E-state index is 6.22. The number of hydrogen-bond donors (Lipinski definition) is 1. The van der Waals surface area contributed by atoms with Gasteiger partial charge in [-0.1, -0.05) is 35.3 Å². The smallest absolute Gasteiger partial charge is 0.225 e. The van der Waals surface area contributed by atoms with Crippen molar-refractivity contribution in [3.05, 3.63) is 63.2 Å². The Morgan fingerprint density at radius 2 is 2.00 bits per heavy atom. The highest BCUT2D eigenvalue weighted by atomic mass is 35.5. The van der Waals surface area contributed by atoms with Crippen LogP contribution >= 0.6 is 34.5 Å². The van der Waals surface area contributed by atoms with Gasteiger partial charge in [-0.05, 0) is 31.2 Å².